The van der Waals surface area contributed by atoms with E-state index in [0.29, 0.717) is 0 Å². The molecule has 0 spiro atoms. The molecule has 0 saturated heterocycles. The van der Waals surface area contributed by atoms with Crippen LogP contribution in [-0.2, 0) is 6.54 Å². The van der Waals surface area contributed by atoms with Gasteiger partial charge in [-0.15, -0.1) is 11.3 Å². The molecule has 0 radical (unpaired) electrons. The number of hydrogen-bond donors (Lipinski definition) is 1. The third kappa shape index (κ3) is 3.52. The number of hydrogen-bond acceptors (Lipinski definition) is 4. The summed E-state index contributed by atoms with van der Waals surface area (Å²) in [5, 5.41) is 4.18. The van der Waals surface area contributed by atoms with Gasteiger partial charge in [-0.1, -0.05) is 13.0 Å². The second-order valence-electron chi connectivity index (χ2n) is 4.11. The number of aromatic nitrogens is 1. The van der Waals surface area contributed by atoms with Crippen LogP contribution in [0.1, 0.15) is 18.7 Å². The van der Waals surface area contributed by atoms with Crippen LogP contribution in [0.5, 0.6) is 0 Å². The number of anilines is 2. The molecule has 2 aromatic rings. The quantitative estimate of drug-likeness (QED) is 0.876. The summed E-state index contributed by atoms with van der Waals surface area (Å²) >= 11 is 1.64. The van der Waals surface area contributed by atoms with E-state index >= 15 is 0 Å². The van der Waals surface area contributed by atoms with Crippen molar-refractivity contribution in [3.63, 3.8) is 0 Å². The molecule has 0 aliphatic carbocycles. The van der Waals surface area contributed by atoms with Crippen molar-refractivity contribution in [2.24, 2.45) is 0 Å². The number of nitrogens with one attached hydrogen (secondary N) is 1. The molecule has 1 aromatic heterocycles. The highest BCUT2D eigenvalue weighted by Gasteiger charge is 2.12. The maximum absolute atomic E-state index is 13.3. The van der Waals surface area contributed by atoms with Crippen molar-refractivity contribution >= 4 is 22.2 Å². The summed E-state index contributed by atoms with van der Waals surface area (Å²) in [6.07, 6.45) is 1.88. The maximum Gasteiger partial charge on any atom is 0.190 e. The zero-order valence-electron chi connectivity index (χ0n) is 11.2. The molecule has 19 heavy (non-hydrogen) atoms. The van der Waals surface area contributed by atoms with E-state index in [4.69, 9.17) is 0 Å². The highest BCUT2D eigenvalue weighted by molar-refractivity contribution is 7.15. The van der Waals surface area contributed by atoms with Gasteiger partial charge in [0.2, 0.25) is 0 Å². The van der Waals surface area contributed by atoms with Crippen molar-refractivity contribution in [2.45, 2.75) is 20.4 Å². The van der Waals surface area contributed by atoms with E-state index in [1.165, 1.54) is 17.0 Å². The Morgan fingerprint density at radius 1 is 1.37 bits per heavy atom. The summed E-state index contributed by atoms with van der Waals surface area (Å²) in [4.78, 5) is 7.63. The Labute approximate surface area is 117 Å². The second-order valence-corrected chi connectivity index (χ2v) is 5.21. The summed E-state index contributed by atoms with van der Waals surface area (Å²) in [5.41, 5.74) is 0.840. The van der Waals surface area contributed by atoms with Gasteiger partial charge in [-0.2, -0.15) is 0 Å². The van der Waals surface area contributed by atoms with Crippen LogP contribution >= 0.6 is 11.3 Å². The van der Waals surface area contributed by atoms with Crippen molar-refractivity contribution in [3.05, 3.63) is 41.2 Å². The van der Waals surface area contributed by atoms with Crippen LogP contribution in [-0.4, -0.2) is 18.1 Å². The predicted molar refractivity (Wildman–Crippen MR) is 78.6 cm³/mol. The summed E-state index contributed by atoms with van der Waals surface area (Å²) in [6, 6.07) is 6.61. The van der Waals surface area contributed by atoms with Gasteiger partial charge in [0.05, 0.1) is 0 Å². The fourth-order valence-corrected chi connectivity index (χ4v) is 2.79. The lowest BCUT2D eigenvalue weighted by molar-refractivity contribution is 0.627. The number of thiazole rings is 1. The molecule has 5 heteroatoms. The van der Waals surface area contributed by atoms with Crippen LogP contribution < -0.4 is 10.2 Å². The molecule has 0 fully saturated rings. The van der Waals surface area contributed by atoms with Gasteiger partial charge in [0.15, 0.2) is 5.13 Å². The molecule has 0 atom stereocenters. The Kier molecular flexibility index (Phi) is 4.87. The normalized spacial score (nSPS) is 10.7. The molecule has 1 aromatic carbocycles. The Balaban J connectivity index is 2.19. The predicted octanol–water partition coefficient (Wildman–Crippen LogP) is 3.55. The van der Waals surface area contributed by atoms with Crippen molar-refractivity contribution in [3.8, 4) is 0 Å². The molecule has 0 saturated carbocycles. The van der Waals surface area contributed by atoms with Crippen LogP contribution in [0.25, 0.3) is 0 Å². The Hall–Kier alpha value is -1.46. The van der Waals surface area contributed by atoms with Crippen LogP contribution in [0.3, 0.4) is 0 Å². The highest BCUT2D eigenvalue weighted by atomic mass is 32.1. The summed E-state index contributed by atoms with van der Waals surface area (Å²) in [6.45, 7) is 6.64. The lowest BCUT2D eigenvalue weighted by Gasteiger charge is -2.19. The minimum atomic E-state index is -0.222. The average Bonchev–Trinajstić information content (AvgIpc) is 2.86. The van der Waals surface area contributed by atoms with Gasteiger partial charge in [0, 0.05) is 29.9 Å². The molecule has 0 aliphatic rings. The van der Waals surface area contributed by atoms with Gasteiger partial charge in [-0.3, -0.25) is 0 Å². The first kappa shape index (κ1) is 14.0. The van der Waals surface area contributed by atoms with Crippen molar-refractivity contribution < 1.29 is 4.39 Å². The van der Waals surface area contributed by atoms with E-state index in [1.54, 1.807) is 17.4 Å². The fraction of sp³-hybridized carbons (Fsp3) is 0.357. The number of halogens is 1. The lowest BCUT2D eigenvalue weighted by atomic mass is 10.3. The van der Waals surface area contributed by atoms with Gasteiger partial charge in [-0.25, -0.2) is 9.37 Å². The van der Waals surface area contributed by atoms with Gasteiger partial charge >= 0.3 is 0 Å². The minimum Gasteiger partial charge on any atom is -0.318 e. The molecule has 102 valence electrons. The number of nitrogens with zero attached hydrogens (tertiary/aromatic N) is 2. The van der Waals surface area contributed by atoms with E-state index in [0.717, 1.165) is 30.5 Å². The van der Waals surface area contributed by atoms with E-state index in [1.807, 2.05) is 24.1 Å². The summed E-state index contributed by atoms with van der Waals surface area (Å²) < 4.78 is 13.3. The molecule has 3 nitrogen and oxygen atoms in total. The molecule has 2 rings (SSSR count). The van der Waals surface area contributed by atoms with Crippen molar-refractivity contribution in [1.82, 2.24) is 10.3 Å². The van der Waals surface area contributed by atoms with E-state index in [-0.39, 0.29) is 5.82 Å². The van der Waals surface area contributed by atoms with Gasteiger partial charge in [0.1, 0.15) is 5.82 Å². The number of benzene rings is 1. The highest BCUT2D eigenvalue weighted by Crippen LogP contribution is 2.29. The molecule has 1 N–H and O–H groups in total. The molecule has 0 amide bonds. The number of rotatable bonds is 6. The first-order valence-electron chi connectivity index (χ1n) is 6.43. The van der Waals surface area contributed by atoms with E-state index < -0.39 is 0 Å². The summed E-state index contributed by atoms with van der Waals surface area (Å²) in [7, 11) is 0. The fourth-order valence-electron chi connectivity index (χ4n) is 1.82. The first-order chi connectivity index (χ1) is 9.24. The molecular formula is C14H18FN3S. The van der Waals surface area contributed by atoms with Crippen LogP contribution in [0, 0.1) is 5.82 Å². The van der Waals surface area contributed by atoms with E-state index in [2.05, 4.69) is 17.2 Å². The topological polar surface area (TPSA) is 28.2 Å². The third-order valence-electron chi connectivity index (χ3n) is 2.76. The second kappa shape index (κ2) is 6.63. The lowest BCUT2D eigenvalue weighted by Crippen LogP contribution is -2.15. The van der Waals surface area contributed by atoms with Gasteiger partial charge in [-0.05, 0) is 31.7 Å². The van der Waals surface area contributed by atoms with Gasteiger partial charge in [0.25, 0.3) is 0 Å². The summed E-state index contributed by atoms with van der Waals surface area (Å²) in [5.74, 6) is -0.222. The van der Waals surface area contributed by atoms with Crippen molar-refractivity contribution in [2.75, 3.05) is 18.0 Å². The Morgan fingerprint density at radius 3 is 2.89 bits per heavy atom. The minimum absolute atomic E-state index is 0.222. The average molecular weight is 279 g/mol. The zero-order chi connectivity index (χ0) is 13.7. The molecule has 0 bridgehead atoms. The molecule has 1 heterocycles. The first-order valence-corrected chi connectivity index (χ1v) is 7.24. The maximum atomic E-state index is 13.3. The molecular weight excluding hydrogens is 261 g/mol. The molecule has 0 unspecified atom stereocenters. The largest absolute Gasteiger partial charge is 0.318 e. The Bertz CT molecular complexity index is 527. The van der Waals surface area contributed by atoms with Crippen molar-refractivity contribution in [1.29, 1.82) is 0 Å². The molecule has 0 aliphatic heterocycles. The van der Waals surface area contributed by atoms with Gasteiger partial charge < -0.3 is 10.2 Å². The Morgan fingerprint density at radius 2 is 2.21 bits per heavy atom. The monoisotopic (exact) mass is 279 g/mol. The standard InChI is InChI=1S/C14H18FN3S/c1-3-16-9-13-10-17-14(19-13)18(4-2)12-7-5-6-11(15)8-12/h5-8,10,16H,3-4,9H2,1-2H3. The van der Waals surface area contributed by atoms with Crippen LogP contribution in [0.4, 0.5) is 15.2 Å². The smallest absolute Gasteiger partial charge is 0.190 e. The van der Waals surface area contributed by atoms with E-state index in [9.17, 15) is 4.39 Å². The SMILES string of the molecule is CCNCc1cnc(N(CC)c2cccc(F)c2)s1. The van der Waals surface area contributed by atoms with Crippen LogP contribution in [0.2, 0.25) is 0 Å². The van der Waals surface area contributed by atoms with Crippen LogP contribution in [0.15, 0.2) is 30.5 Å². The third-order valence-corrected chi connectivity index (χ3v) is 3.78. The zero-order valence-corrected chi connectivity index (χ0v) is 12.0.